The van der Waals surface area contributed by atoms with Crippen LogP contribution in [0.15, 0.2) is 152 Å². The van der Waals surface area contributed by atoms with Gasteiger partial charge in [0.1, 0.15) is 0 Å². The fourth-order valence-corrected chi connectivity index (χ4v) is 6.04. The van der Waals surface area contributed by atoms with Crippen molar-refractivity contribution in [2.24, 2.45) is 0 Å². The smallest absolute Gasteiger partial charge is 0.0973 e. The molecule has 0 aromatic heterocycles. The maximum absolute atomic E-state index is 12.2. The molecule has 1 unspecified atom stereocenters. The van der Waals surface area contributed by atoms with E-state index in [1.807, 2.05) is 12.1 Å². The average molecular weight is 512 g/mol. The number of hydrogen-bond acceptors (Lipinski definition) is 2. The maximum atomic E-state index is 12.2. The first-order chi connectivity index (χ1) is 19.2. The van der Waals surface area contributed by atoms with Crippen LogP contribution >= 0.6 is 0 Å². The lowest BCUT2D eigenvalue weighted by Gasteiger charge is -2.47. The third-order valence-corrected chi connectivity index (χ3v) is 7.65. The summed E-state index contributed by atoms with van der Waals surface area (Å²) in [4.78, 5) is 2.50. The molecule has 1 N–H and O–H groups in total. The van der Waals surface area contributed by atoms with Crippen LogP contribution in [0.2, 0.25) is 0 Å². The molecule has 0 heterocycles. The van der Waals surface area contributed by atoms with E-state index in [2.05, 4.69) is 151 Å². The molecular weight excluding hydrogens is 474 g/mol. The highest BCUT2D eigenvalue weighted by Gasteiger charge is 2.43. The Bertz CT molecular complexity index is 1250. The van der Waals surface area contributed by atoms with Crippen molar-refractivity contribution >= 4 is 0 Å². The zero-order chi connectivity index (χ0) is 26.9. The van der Waals surface area contributed by atoms with Crippen LogP contribution in [0, 0.1) is 0 Å². The SMILES string of the molecule is CCCN(CC(O)C(c1ccccc1)c1ccccc1)C(c1ccccc1)(c1ccccc1)c1ccccc1. The van der Waals surface area contributed by atoms with Crippen molar-refractivity contribution in [2.45, 2.75) is 30.9 Å². The van der Waals surface area contributed by atoms with Crippen molar-refractivity contribution in [3.05, 3.63) is 179 Å². The van der Waals surface area contributed by atoms with Crippen LogP contribution in [0.1, 0.15) is 47.1 Å². The largest absolute Gasteiger partial charge is 0.391 e. The molecule has 5 aromatic carbocycles. The predicted molar refractivity (Wildman–Crippen MR) is 162 cm³/mol. The molecule has 2 nitrogen and oxygen atoms in total. The fourth-order valence-electron chi connectivity index (χ4n) is 6.04. The van der Waals surface area contributed by atoms with Gasteiger partial charge in [-0.05, 0) is 40.8 Å². The fraction of sp³-hybridized carbons (Fsp3) is 0.189. The Morgan fingerprint density at radius 1 is 0.538 bits per heavy atom. The lowest BCUT2D eigenvalue weighted by molar-refractivity contribution is 0.0590. The zero-order valence-electron chi connectivity index (χ0n) is 22.6. The highest BCUT2D eigenvalue weighted by Crippen LogP contribution is 2.43. The number of benzene rings is 5. The summed E-state index contributed by atoms with van der Waals surface area (Å²) in [6.45, 7) is 3.55. The molecular formula is C37H37NO. The normalized spacial score (nSPS) is 12.5. The summed E-state index contributed by atoms with van der Waals surface area (Å²) in [7, 11) is 0. The summed E-state index contributed by atoms with van der Waals surface area (Å²) in [5.41, 5.74) is 5.26. The van der Waals surface area contributed by atoms with E-state index in [1.54, 1.807) is 0 Å². The van der Waals surface area contributed by atoms with Crippen LogP contribution in [-0.4, -0.2) is 29.2 Å². The zero-order valence-corrected chi connectivity index (χ0v) is 22.6. The third-order valence-electron chi connectivity index (χ3n) is 7.65. The quantitative estimate of drug-likeness (QED) is 0.182. The average Bonchev–Trinajstić information content (AvgIpc) is 3.01. The highest BCUT2D eigenvalue weighted by molar-refractivity contribution is 5.50. The summed E-state index contributed by atoms with van der Waals surface area (Å²) in [5.74, 6) is -0.147. The van der Waals surface area contributed by atoms with Crippen LogP contribution in [0.25, 0.3) is 0 Å². The molecule has 0 bridgehead atoms. The molecule has 0 amide bonds. The third kappa shape index (κ3) is 5.59. The van der Waals surface area contributed by atoms with E-state index < -0.39 is 11.6 Å². The van der Waals surface area contributed by atoms with Crippen molar-refractivity contribution in [3.63, 3.8) is 0 Å². The van der Waals surface area contributed by atoms with E-state index >= 15 is 0 Å². The van der Waals surface area contributed by atoms with Gasteiger partial charge < -0.3 is 5.11 Å². The van der Waals surface area contributed by atoms with Gasteiger partial charge in [0.05, 0.1) is 11.6 Å². The van der Waals surface area contributed by atoms with E-state index in [9.17, 15) is 5.11 Å². The Kier molecular flexibility index (Phi) is 8.68. The van der Waals surface area contributed by atoms with E-state index in [4.69, 9.17) is 0 Å². The molecule has 1 atom stereocenters. The van der Waals surface area contributed by atoms with Gasteiger partial charge in [0.25, 0.3) is 0 Å². The van der Waals surface area contributed by atoms with Gasteiger partial charge in [-0.15, -0.1) is 0 Å². The van der Waals surface area contributed by atoms with Gasteiger partial charge >= 0.3 is 0 Å². The van der Waals surface area contributed by atoms with Gasteiger partial charge in [0.15, 0.2) is 0 Å². The number of aliphatic hydroxyl groups is 1. The topological polar surface area (TPSA) is 23.5 Å². The summed E-state index contributed by atoms with van der Waals surface area (Å²) < 4.78 is 0. The standard InChI is InChI=1S/C37H37NO/c1-2-28-38(29-35(39)36(30-18-8-3-9-19-30)31-20-10-4-11-21-31)37(32-22-12-5-13-23-32,33-24-14-6-15-25-33)34-26-16-7-17-27-34/h3-27,35-36,39H,2,28-29H2,1H3. The molecule has 0 spiro atoms. The van der Waals surface area contributed by atoms with E-state index in [1.165, 1.54) is 16.7 Å². The Labute approximate surface area is 233 Å². The molecule has 0 saturated heterocycles. The summed E-state index contributed by atoms with van der Waals surface area (Å²) in [5, 5.41) is 12.2. The van der Waals surface area contributed by atoms with Crippen molar-refractivity contribution < 1.29 is 5.11 Å². The van der Waals surface area contributed by atoms with Gasteiger partial charge in [-0.25, -0.2) is 0 Å². The Morgan fingerprint density at radius 3 is 1.21 bits per heavy atom. The minimum atomic E-state index is -0.628. The van der Waals surface area contributed by atoms with Crippen molar-refractivity contribution in [3.8, 4) is 0 Å². The minimum Gasteiger partial charge on any atom is -0.391 e. The first kappa shape index (κ1) is 26.6. The van der Waals surface area contributed by atoms with Gasteiger partial charge in [-0.3, -0.25) is 4.90 Å². The summed E-state index contributed by atoms with van der Waals surface area (Å²) in [6.07, 6.45) is 0.333. The molecule has 0 aliphatic heterocycles. The van der Waals surface area contributed by atoms with Crippen molar-refractivity contribution in [2.75, 3.05) is 13.1 Å². The molecule has 2 heteroatoms. The minimum absolute atomic E-state index is 0.147. The number of rotatable bonds is 11. The number of hydrogen-bond donors (Lipinski definition) is 1. The van der Waals surface area contributed by atoms with E-state index in [0.29, 0.717) is 6.54 Å². The van der Waals surface area contributed by atoms with Crippen molar-refractivity contribution in [1.82, 2.24) is 4.90 Å². The first-order valence-corrected chi connectivity index (χ1v) is 13.9. The lowest BCUT2D eigenvalue weighted by atomic mass is 9.74. The molecule has 0 fully saturated rings. The molecule has 0 saturated carbocycles. The molecule has 0 aliphatic rings. The number of nitrogens with zero attached hydrogens (tertiary/aromatic N) is 1. The molecule has 5 aromatic rings. The summed E-state index contributed by atoms with van der Waals surface area (Å²) in [6, 6.07) is 53.1. The van der Waals surface area contributed by atoms with Gasteiger partial charge in [0.2, 0.25) is 0 Å². The molecule has 196 valence electrons. The van der Waals surface area contributed by atoms with Crippen molar-refractivity contribution in [1.29, 1.82) is 0 Å². The number of aliphatic hydroxyl groups excluding tert-OH is 1. The second kappa shape index (κ2) is 12.7. The monoisotopic (exact) mass is 511 g/mol. The second-order valence-electron chi connectivity index (χ2n) is 10.1. The van der Waals surface area contributed by atoms with Crippen LogP contribution in [0.3, 0.4) is 0 Å². The van der Waals surface area contributed by atoms with Gasteiger partial charge in [-0.2, -0.15) is 0 Å². The maximum Gasteiger partial charge on any atom is 0.0973 e. The van der Waals surface area contributed by atoms with Crippen LogP contribution < -0.4 is 0 Å². The van der Waals surface area contributed by atoms with Gasteiger partial charge in [-0.1, -0.05) is 159 Å². The predicted octanol–water partition coefficient (Wildman–Crippen LogP) is 7.88. The van der Waals surface area contributed by atoms with Gasteiger partial charge in [0, 0.05) is 12.5 Å². The lowest BCUT2D eigenvalue weighted by Crippen LogP contribution is -2.52. The molecule has 5 rings (SSSR count). The van der Waals surface area contributed by atoms with Crippen LogP contribution in [0.5, 0.6) is 0 Å². The molecule has 0 radical (unpaired) electrons. The Hall–Kier alpha value is -3.98. The molecule has 39 heavy (non-hydrogen) atoms. The first-order valence-electron chi connectivity index (χ1n) is 13.9. The van der Waals surface area contributed by atoms with Crippen LogP contribution in [-0.2, 0) is 5.54 Å². The summed E-state index contributed by atoms with van der Waals surface area (Å²) >= 11 is 0. The van der Waals surface area contributed by atoms with E-state index in [-0.39, 0.29) is 5.92 Å². The Balaban J connectivity index is 1.68. The second-order valence-corrected chi connectivity index (χ2v) is 10.1. The highest BCUT2D eigenvalue weighted by atomic mass is 16.3. The Morgan fingerprint density at radius 2 is 0.872 bits per heavy atom. The molecule has 0 aliphatic carbocycles. The van der Waals surface area contributed by atoms with E-state index in [0.717, 1.165) is 24.1 Å². The van der Waals surface area contributed by atoms with Crippen LogP contribution in [0.4, 0.5) is 0 Å².